The highest BCUT2D eigenvalue weighted by atomic mass is 32.2. The molecular weight excluding hydrogens is 412 g/mol. The second-order valence-corrected chi connectivity index (χ2v) is 9.62. The van der Waals surface area contributed by atoms with E-state index in [-0.39, 0.29) is 28.2 Å². The highest BCUT2D eigenvalue weighted by Gasteiger charge is 2.26. The van der Waals surface area contributed by atoms with Gasteiger partial charge in [0.15, 0.2) is 0 Å². The van der Waals surface area contributed by atoms with Gasteiger partial charge in [0.1, 0.15) is 10.6 Å². The monoisotopic (exact) mass is 444 g/mol. The maximum absolute atomic E-state index is 13.1. The molecule has 168 valence electrons. The largest absolute Gasteiger partial charge is 0.495 e. The molecule has 0 aliphatic heterocycles. The van der Waals surface area contributed by atoms with Crippen LogP contribution < -0.4 is 14.8 Å². The van der Waals surface area contributed by atoms with Gasteiger partial charge in [-0.1, -0.05) is 51.3 Å². The maximum atomic E-state index is 13.1. The molecule has 7 heteroatoms. The van der Waals surface area contributed by atoms with Crippen molar-refractivity contribution in [2.75, 3.05) is 12.4 Å². The Balaban J connectivity index is 1.90. The molecule has 0 aromatic heterocycles. The van der Waals surface area contributed by atoms with Crippen LogP contribution in [0, 0.1) is 0 Å². The summed E-state index contributed by atoms with van der Waals surface area (Å²) < 4.78 is 34.3. The second-order valence-electron chi connectivity index (χ2n) is 7.93. The predicted molar refractivity (Wildman–Crippen MR) is 123 cm³/mol. The lowest BCUT2D eigenvalue weighted by atomic mass is 9.96. The number of anilines is 1. The SMILES string of the molecule is CCc1cccc(CC)c1NC(=O)c1ccc(OC)c(S(=O)(=O)NC2CCCCC2)c1. The number of para-hydroxylation sites is 1. The number of sulfonamides is 1. The summed E-state index contributed by atoms with van der Waals surface area (Å²) in [5.74, 6) is -0.115. The van der Waals surface area contributed by atoms with Gasteiger partial charge in [-0.15, -0.1) is 0 Å². The van der Waals surface area contributed by atoms with Crippen LogP contribution in [-0.2, 0) is 22.9 Å². The molecule has 2 aromatic rings. The minimum atomic E-state index is -3.81. The van der Waals surface area contributed by atoms with Crippen molar-refractivity contribution in [2.24, 2.45) is 0 Å². The van der Waals surface area contributed by atoms with Gasteiger partial charge >= 0.3 is 0 Å². The van der Waals surface area contributed by atoms with Gasteiger partial charge < -0.3 is 10.1 Å². The first-order valence-electron chi connectivity index (χ1n) is 11.0. The number of aryl methyl sites for hydroxylation is 2. The summed E-state index contributed by atoms with van der Waals surface area (Å²) in [6, 6.07) is 10.4. The lowest BCUT2D eigenvalue weighted by Crippen LogP contribution is -2.36. The van der Waals surface area contributed by atoms with Gasteiger partial charge in [0, 0.05) is 17.3 Å². The number of carbonyl (C=O) groups is 1. The zero-order valence-corrected chi connectivity index (χ0v) is 19.3. The van der Waals surface area contributed by atoms with Crippen LogP contribution in [0.25, 0.3) is 0 Å². The predicted octanol–water partition coefficient (Wildman–Crippen LogP) is 4.68. The Morgan fingerprint density at radius 3 is 2.26 bits per heavy atom. The summed E-state index contributed by atoms with van der Waals surface area (Å²) in [7, 11) is -2.38. The summed E-state index contributed by atoms with van der Waals surface area (Å²) in [4.78, 5) is 13.0. The van der Waals surface area contributed by atoms with E-state index in [1.54, 1.807) is 6.07 Å². The zero-order valence-electron chi connectivity index (χ0n) is 18.5. The molecule has 3 rings (SSSR count). The minimum absolute atomic E-state index is 0.00675. The number of ether oxygens (including phenoxy) is 1. The molecule has 31 heavy (non-hydrogen) atoms. The van der Waals surface area contributed by atoms with E-state index in [1.165, 1.54) is 19.2 Å². The molecule has 2 N–H and O–H groups in total. The fourth-order valence-electron chi connectivity index (χ4n) is 4.12. The van der Waals surface area contributed by atoms with Gasteiger partial charge in [0.05, 0.1) is 7.11 Å². The maximum Gasteiger partial charge on any atom is 0.255 e. The molecule has 0 bridgehead atoms. The number of hydrogen-bond acceptors (Lipinski definition) is 4. The second kappa shape index (κ2) is 10.3. The topological polar surface area (TPSA) is 84.5 Å². The number of rotatable bonds is 8. The Bertz CT molecular complexity index is 1010. The van der Waals surface area contributed by atoms with E-state index in [0.29, 0.717) is 0 Å². The van der Waals surface area contributed by atoms with E-state index < -0.39 is 10.0 Å². The molecule has 1 aliphatic carbocycles. The zero-order chi connectivity index (χ0) is 22.4. The molecule has 0 heterocycles. The van der Waals surface area contributed by atoms with Crippen LogP contribution in [0.4, 0.5) is 5.69 Å². The Morgan fingerprint density at radius 1 is 1.03 bits per heavy atom. The smallest absolute Gasteiger partial charge is 0.255 e. The fraction of sp³-hybridized carbons (Fsp3) is 0.458. The van der Waals surface area contributed by atoms with Gasteiger partial charge in [-0.05, 0) is 55.0 Å². The Kier molecular flexibility index (Phi) is 7.73. The fourth-order valence-corrected chi connectivity index (χ4v) is 5.62. The van der Waals surface area contributed by atoms with Gasteiger partial charge in [-0.3, -0.25) is 4.79 Å². The Labute approximate surface area is 185 Å². The summed E-state index contributed by atoms with van der Waals surface area (Å²) in [6.45, 7) is 4.08. The third-order valence-corrected chi connectivity index (χ3v) is 7.42. The number of benzene rings is 2. The first kappa shape index (κ1) is 23.3. The molecule has 0 unspecified atom stereocenters. The van der Waals surface area contributed by atoms with Crippen LogP contribution >= 0.6 is 0 Å². The Morgan fingerprint density at radius 2 is 1.68 bits per heavy atom. The lowest BCUT2D eigenvalue weighted by Gasteiger charge is -2.23. The number of nitrogens with one attached hydrogen (secondary N) is 2. The van der Waals surface area contributed by atoms with E-state index in [9.17, 15) is 13.2 Å². The summed E-state index contributed by atoms with van der Waals surface area (Å²) in [5.41, 5.74) is 3.18. The third-order valence-electron chi connectivity index (χ3n) is 5.88. The van der Waals surface area contributed by atoms with E-state index in [1.807, 2.05) is 32.0 Å². The van der Waals surface area contributed by atoms with E-state index in [4.69, 9.17) is 4.74 Å². The molecule has 0 saturated heterocycles. The molecule has 1 amide bonds. The molecule has 0 spiro atoms. The Hall–Kier alpha value is -2.38. The van der Waals surface area contributed by atoms with Crippen LogP contribution in [0.5, 0.6) is 5.75 Å². The van der Waals surface area contributed by atoms with E-state index in [2.05, 4.69) is 10.0 Å². The average molecular weight is 445 g/mol. The van der Waals surface area contributed by atoms with Crippen molar-refractivity contribution in [2.45, 2.75) is 69.7 Å². The van der Waals surface area contributed by atoms with E-state index >= 15 is 0 Å². The van der Waals surface area contributed by atoms with Crippen molar-refractivity contribution in [1.29, 1.82) is 0 Å². The van der Waals surface area contributed by atoms with Crippen LogP contribution in [-0.4, -0.2) is 27.5 Å². The average Bonchev–Trinajstić information content (AvgIpc) is 2.79. The van der Waals surface area contributed by atoms with Crippen LogP contribution in [0.15, 0.2) is 41.3 Å². The molecule has 0 atom stereocenters. The number of methoxy groups -OCH3 is 1. The number of hydrogen-bond donors (Lipinski definition) is 2. The summed E-state index contributed by atoms with van der Waals surface area (Å²) >= 11 is 0. The lowest BCUT2D eigenvalue weighted by molar-refractivity contribution is 0.102. The molecule has 1 saturated carbocycles. The van der Waals surface area contributed by atoms with Gasteiger partial charge in [0.2, 0.25) is 10.0 Å². The first-order chi connectivity index (χ1) is 14.9. The minimum Gasteiger partial charge on any atom is -0.495 e. The van der Waals surface area contributed by atoms with Gasteiger partial charge in [0.25, 0.3) is 5.91 Å². The standard InChI is InChI=1S/C24H32N2O4S/c1-4-17-10-9-11-18(5-2)23(17)25-24(27)19-14-15-21(30-3)22(16-19)31(28,29)26-20-12-7-6-8-13-20/h9-11,14-16,20,26H,4-8,12-13H2,1-3H3,(H,25,27). The van der Waals surface area contributed by atoms with Crippen molar-refractivity contribution < 1.29 is 17.9 Å². The third kappa shape index (κ3) is 5.46. The summed E-state index contributed by atoms with van der Waals surface area (Å²) in [6.07, 6.45) is 6.40. The molecule has 1 fully saturated rings. The first-order valence-corrected chi connectivity index (χ1v) is 12.5. The molecule has 6 nitrogen and oxygen atoms in total. The van der Waals surface area contributed by atoms with Gasteiger partial charge in [-0.25, -0.2) is 13.1 Å². The highest BCUT2D eigenvalue weighted by Crippen LogP contribution is 2.28. The molecule has 1 aliphatic rings. The van der Waals surface area contributed by atoms with Crippen LogP contribution in [0.2, 0.25) is 0 Å². The number of carbonyl (C=O) groups excluding carboxylic acids is 1. The van der Waals surface area contributed by atoms with E-state index in [0.717, 1.165) is 61.8 Å². The highest BCUT2D eigenvalue weighted by molar-refractivity contribution is 7.89. The summed E-state index contributed by atoms with van der Waals surface area (Å²) in [5, 5.41) is 3.00. The molecule has 0 radical (unpaired) electrons. The van der Waals surface area contributed by atoms with Crippen molar-refractivity contribution in [3.05, 3.63) is 53.1 Å². The van der Waals surface area contributed by atoms with Gasteiger partial charge in [-0.2, -0.15) is 0 Å². The van der Waals surface area contributed by atoms with Crippen LogP contribution in [0.3, 0.4) is 0 Å². The van der Waals surface area contributed by atoms with Crippen LogP contribution in [0.1, 0.15) is 67.4 Å². The van der Waals surface area contributed by atoms with Crippen molar-refractivity contribution in [3.63, 3.8) is 0 Å². The van der Waals surface area contributed by atoms with Crippen molar-refractivity contribution >= 4 is 21.6 Å². The van der Waals surface area contributed by atoms with Crippen molar-refractivity contribution in [3.8, 4) is 5.75 Å². The quantitative estimate of drug-likeness (QED) is 0.619. The van der Waals surface area contributed by atoms with Crippen molar-refractivity contribution in [1.82, 2.24) is 4.72 Å². The molecule has 2 aromatic carbocycles. The number of amides is 1. The normalized spacial score (nSPS) is 14.9. The molecular formula is C24H32N2O4S.